The summed E-state index contributed by atoms with van der Waals surface area (Å²) in [5.74, 6) is -1.18. The van der Waals surface area contributed by atoms with Crippen molar-refractivity contribution in [3.8, 4) is 0 Å². The topological polar surface area (TPSA) is 43.4 Å². The number of alkyl halides is 3. The molecule has 0 unspecified atom stereocenters. The third kappa shape index (κ3) is 3.26. The molecule has 106 valence electrons. The fourth-order valence-electron chi connectivity index (χ4n) is 1.92. The molecular formula is C14H11F3O3. The Labute approximate surface area is 113 Å². The van der Waals surface area contributed by atoms with Crippen LogP contribution in [0.15, 0.2) is 36.1 Å². The number of carbonyl (C=O) groups excluding carboxylic acids is 2. The summed E-state index contributed by atoms with van der Waals surface area (Å²) in [7, 11) is 0. The van der Waals surface area contributed by atoms with Crippen LogP contribution in [-0.2, 0) is 15.7 Å². The van der Waals surface area contributed by atoms with Crippen LogP contribution in [-0.4, -0.2) is 11.8 Å². The van der Waals surface area contributed by atoms with Crippen molar-refractivity contribution >= 4 is 11.8 Å². The highest BCUT2D eigenvalue weighted by Gasteiger charge is 2.35. The quantitative estimate of drug-likeness (QED) is 0.781. The van der Waals surface area contributed by atoms with E-state index in [2.05, 4.69) is 0 Å². The summed E-state index contributed by atoms with van der Waals surface area (Å²) in [6, 6.07) is 4.39. The van der Waals surface area contributed by atoms with E-state index in [1.165, 1.54) is 12.1 Å². The maximum Gasteiger partial charge on any atom is 0.417 e. The molecule has 0 spiro atoms. The number of allylic oxidation sites excluding steroid dienone is 2. The maximum absolute atomic E-state index is 12.8. The van der Waals surface area contributed by atoms with Gasteiger partial charge in [-0.25, -0.2) is 4.79 Å². The van der Waals surface area contributed by atoms with Gasteiger partial charge in [0, 0.05) is 18.9 Å². The van der Waals surface area contributed by atoms with Crippen LogP contribution < -0.4 is 0 Å². The van der Waals surface area contributed by atoms with Crippen LogP contribution in [0, 0.1) is 0 Å². The molecule has 0 radical (unpaired) electrons. The van der Waals surface area contributed by atoms with Crippen LogP contribution >= 0.6 is 0 Å². The Hall–Kier alpha value is -2.11. The SMILES string of the molecule is O=C1C=C(OC(=O)c2ccccc2C(F)(F)F)CCC1. The van der Waals surface area contributed by atoms with E-state index in [9.17, 15) is 22.8 Å². The molecule has 1 aliphatic carbocycles. The molecule has 1 aromatic rings. The number of ketones is 1. The van der Waals surface area contributed by atoms with Crippen molar-refractivity contribution in [1.29, 1.82) is 0 Å². The van der Waals surface area contributed by atoms with Crippen LogP contribution in [0.4, 0.5) is 13.2 Å². The molecule has 1 aromatic carbocycles. The maximum atomic E-state index is 12.8. The van der Waals surface area contributed by atoms with Crippen LogP contribution in [0.2, 0.25) is 0 Å². The zero-order valence-electron chi connectivity index (χ0n) is 10.4. The highest BCUT2D eigenvalue weighted by atomic mass is 19.4. The average molecular weight is 284 g/mol. The van der Waals surface area contributed by atoms with E-state index in [0.29, 0.717) is 19.3 Å². The van der Waals surface area contributed by atoms with E-state index < -0.39 is 23.3 Å². The first kappa shape index (κ1) is 14.3. The highest BCUT2D eigenvalue weighted by molar-refractivity contribution is 5.94. The van der Waals surface area contributed by atoms with Gasteiger partial charge in [-0.2, -0.15) is 13.2 Å². The van der Waals surface area contributed by atoms with E-state index in [4.69, 9.17) is 4.74 Å². The fraction of sp³-hybridized carbons (Fsp3) is 0.286. The molecule has 0 atom stereocenters. The Balaban J connectivity index is 2.24. The monoisotopic (exact) mass is 284 g/mol. The van der Waals surface area contributed by atoms with Crippen LogP contribution in [0.5, 0.6) is 0 Å². The number of rotatable bonds is 2. The lowest BCUT2D eigenvalue weighted by Gasteiger charge is -2.15. The van der Waals surface area contributed by atoms with Crippen molar-refractivity contribution < 1.29 is 27.5 Å². The lowest BCUT2D eigenvalue weighted by molar-refractivity contribution is -0.138. The average Bonchev–Trinajstić information content (AvgIpc) is 2.37. The lowest BCUT2D eigenvalue weighted by atomic mass is 10.0. The van der Waals surface area contributed by atoms with Crippen molar-refractivity contribution in [1.82, 2.24) is 0 Å². The molecule has 3 nitrogen and oxygen atoms in total. The summed E-state index contributed by atoms with van der Waals surface area (Å²) in [5, 5.41) is 0. The van der Waals surface area contributed by atoms with E-state index >= 15 is 0 Å². The van der Waals surface area contributed by atoms with E-state index in [-0.39, 0.29) is 11.5 Å². The Kier molecular flexibility index (Phi) is 3.92. The molecule has 0 fully saturated rings. The third-order valence-corrected chi connectivity index (χ3v) is 2.84. The fourth-order valence-corrected chi connectivity index (χ4v) is 1.92. The molecule has 0 saturated heterocycles. The van der Waals surface area contributed by atoms with E-state index in [0.717, 1.165) is 18.2 Å². The highest BCUT2D eigenvalue weighted by Crippen LogP contribution is 2.32. The smallest absolute Gasteiger partial charge is 0.417 e. The predicted molar refractivity (Wildman–Crippen MR) is 63.8 cm³/mol. The number of ether oxygens (including phenoxy) is 1. The predicted octanol–water partition coefficient (Wildman–Crippen LogP) is 3.50. The molecule has 2 rings (SSSR count). The Morgan fingerprint density at radius 3 is 2.50 bits per heavy atom. The number of carbonyl (C=O) groups is 2. The van der Waals surface area contributed by atoms with Gasteiger partial charge >= 0.3 is 12.1 Å². The molecule has 0 N–H and O–H groups in total. The first-order chi connectivity index (χ1) is 9.38. The summed E-state index contributed by atoms with van der Waals surface area (Å²) >= 11 is 0. The second-order valence-electron chi connectivity index (χ2n) is 4.36. The van der Waals surface area contributed by atoms with Gasteiger partial charge in [0.2, 0.25) is 0 Å². The first-order valence-electron chi connectivity index (χ1n) is 6.00. The number of benzene rings is 1. The van der Waals surface area contributed by atoms with Gasteiger partial charge in [-0.1, -0.05) is 12.1 Å². The van der Waals surface area contributed by atoms with Gasteiger partial charge in [0.1, 0.15) is 5.76 Å². The Morgan fingerprint density at radius 2 is 1.85 bits per heavy atom. The molecule has 6 heteroatoms. The first-order valence-corrected chi connectivity index (χ1v) is 6.00. The Morgan fingerprint density at radius 1 is 1.15 bits per heavy atom. The zero-order valence-corrected chi connectivity index (χ0v) is 10.4. The Bertz CT molecular complexity index is 573. The van der Waals surface area contributed by atoms with Gasteiger partial charge in [0.15, 0.2) is 5.78 Å². The summed E-state index contributed by atoms with van der Waals surface area (Å²) in [4.78, 5) is 23.0. The number of halogens is 3. The summed E-state index contributed by atoms with van der Waals surface area (Å²) in [5.41, 5.74) is -1.60. The summed E-state index contributed by atoms with van der Waals surface area (Å²) < 4.78 is 43.2. The molecule has 0 heterocycles. The minimum Gasteiger partial charge on any atom is -0.427 e. The van der Waals surface area contributed by atoms with Gasteiger partial charge in [-0.05, 0) is 18.6 Å². The molecular weight excluding hydrogens is 273 g/mol. The van der Waals surface area contributed by atoms with Crippen LogP contribution in [0.25, 0.3) is 0 Å². The van der Waals surface area contributed by atoms with E-state index in [1.807, 2.05) is 0 Å². The minimum atomic E-state index is -4.63. The number of hydrogen-bond donors (Lipinski definition) is 0. The molecule has 0 bridgehead atoms. The standard InChI is InChI=1S/C14H11F3O3/c15-14(16,17)12-7-2-1-6-11(12)13(19)20-10-5-3-4-9(18)8-10/h1-2,6-8H,3-5H2. The number of esters is 1. The van der Waals surface area contributed by atoms with Gasteiger partial charge in [0.25, 0.3) is 0 Å². The normalized spacial score (nSPS) is 15.8. The van der Waals surface area contributed by atoms with Crippen molar-refractivity contribution in [2.24, 2.45) is 0 Å². The van der Waals surface area contributed by atoms with Crippen LogP contribution in [0.3, 0.4) is 0 Å². The summed E-state index contributed by atoms with van der Waals surface area (Å²) in [6.07, 6.45) is -2.21. The van der Waals surface area contributed by atoms with Crippen molar-refractivity contribution in [2.75, 3.05) is 0 Å². The number of hydrogen-bond acceptors (Lipinski definition) is 3. The molecule has 0 aliphatic heterocycles. The van der Waals surface area contributed by atoms with Gasteiger partial charge < -0.3 is 4.74 Å². The molecule has 0 aromatic heterocycles. The molecule has 0 saturated carbocycles. The molecule has 1 aliphatic rings. The van der Waals surface area contributed by atoms with Crippen molar-refractivity contribution in [3.05, 3.63) is 47.2 Å². The van der Waals surface area contributed by atoms with E-state index in [1.54, 1.807) is 0 Å². The van der Waals surface area contributed by atoms with Crippen molar-refractivity contribution in [2.45, 2.75) is 25.4 Å². The minimum absolute atomic E-state index is 0.114. The largest absolute Gasteiger partial charge is 0.427 e. The van der Waals surface area contributed by atoms with Gasteiger partial charge in [0.05, 0.1) is 11.1 Å². The second kappa shape index (κ2) is 5.48. The zero-order chi connectivity index (χ0) is 14.8. The van der Waals surface area contributed by atoms with Crippen LogP contribution in [0.1, 0.15) is 35.2 Å². The molecule has 20 heavy (non-hydrogen) atoms. The molecule has 0 amide bonds. The van der Waals surface area contributed by atoms with Crippen molar-refractivity contribution in [3.63, 3.8) is 0 Å². The second-order valence-corrected chi connectivity index (χ2v) is 4.36. The van der Waals surface area contributed by atoms with Gasteiger partial charge in [-0.15, -0.1) is 0 Å². The lowest BCUT2D eigenvalue weighted by Crippen LogP contribution is -2.16. The van der Waals surface area contributed by atoms with Gasteiger partial charge in [-0.3, -0.25) is 4.79 Å². The third-order valence-electron chi connectivity index (χ3n) is 2.84. The summed E-state index contributed by atoms with van der Waals surface area (Å²) in [6.45, 7) is 0.